The quantitative estimate of drug-likeness (QED) is 0.353. The number of fused-ring (bicyclic) bond motifs is 5. The minimum absolute atomic E-state index is 0.258. The molecule has 0 radical (unpaired) electrons. The fourth-order valence-electron chi connectivity index (χ4n) is 3.41. The molecule has 1 aromatic carbocycles. The molecule has 0 aliphatic carbocycles. The Kier molecular flexibility index (Phi) is 2.71. The van der Waals surface area contributed by atoms with Gasteiger partial charge in [0.15, 0.2) is 0 Å². The Hall–Kier alpha value is -2.47. The van der Waals surface area contributed by atoms with Crippen molar-refractivity contribution in [2.24, 2.45) is 11.8 Å². The molecule has 4 atom stereocenters. The first kappa shape index (κ1) is 13.2. The number of carbonyl (C=O) groups is 3. The van der Waals surface area contributed by atoms with E-state index in [1.165, 1.54) is 17.9 Å². The Morgan fingerprint density at radius 2 is 1.77 bits per heavy atom. The first-order chi connectivity index (χ1) is 10.6. The predicted molar refractivity (Wildman–Crippen MR) is 75.0 cm³/mol. The van der Waals surface area contributed by atoms with E-state index in [1.807, 2.05) is 12.2 Å². The molecule has 0 saturated carbocycles. The molecule has 4 rings (SSSR count). The van der Waals surface area contributed by atoms with Crippen LogP contribution in [0.2, 0.25) is 0 Å². The van der Waals surface area contributed by atoms with Gasteiger partial charge < -0.3 is 9.47 Å². The summed E-state index contributed by atoms with van der Waals surface area (Å²) in [6.45, 7) is 1.30. The Labute approximate surface area is 126 Å². The average molecular weight is 299 g/mol. The van der Waals surface area contributed by atoms with Gasteiger partial charge in [-0.15, -0.1) is 0 Å². The van der Waals surface area contributed by atoms with Crippen LogP contribution in [0.5, 0.6) is 5.75 Å². The lowest BCUT2D eigenvalue weighted by atomic mass is 9.85. The van der Waals surface area contributed by atoms with Crippen molar-refractivity contribution in [1.82, 2.24) is 0 Å². The van der Waals surface area contributed by atoms with E-state index < -0.39 is 17.8 Å². The molecule has 0 aromatic heterocycles. The van der Waals surface area contributed by atoms with Gasteiger partial charge in [-0.1, -0.05) is 18.2 Å². The number of benzene rings is 1. The Morgan fingerprint density at radius 1 is 1.14 bits per heavy atom. The van der Waals surface area contributed by atoms with Crippen molar-refractivity contribution in [3.8, 4) is 5.75 Å². The molecule has 0 spiro atoms. The van der Waals surface area contributed by atoms with E-state index in [0.29, 0.717) is 11.4 Å². The van der Waals surface area contributed by atoms with Crippen LogP contribution in [0.3, 0.4) is 0 Å². The predicted octanol–water partition coefficient (Wildman–Crippen LogP) is 1.05. The molecule has 3 aliphatic rings. The Morgan fingerprint density at radius 3 is 2.36 bits per heavy atom. The van der Waals surface area contributed by atoms with Gasteiger partial charge >= 0.3 is 5.97 Å². The second-order valence-electron chi connectivity index (χ2n) is 5.60. The molecule has 3 aliphatic heterocycles. The molecular weight excluding hydrogens is 286 g/mol. The second kappa shape index (κ2) is 4.51. The molecule has 0 N–H and O–H groups in total. The third kappa shape index (κ3) is 1.74. The van der Waals surface area contributed by atoms with Crippen LogP contribution >= 0.6 is 0 Å². The monoisotopic (exact) mass is 299 g/mol. The molecule has 2 bridgehead atoms. The van der Waals surface area contributed by atoms with E-state index >= 15 is 0 Å². The van der Waals surface area contributed by atoms with Gasteiger partial charge in [-0.3, -0.25) is 14.4 Å². The van der Waals surface area contributed by atoms with Crippen LogP contribution in [-0.4, -0.2) is 30.0 Å². The fourth-order valence-corrected chi connectivity index (χ4v) is 3.41. The zero-order valence-electron chi connectivity index (χ0n) is 11.8. The van der Waals surface area contributed by atoms with Crippen molar-refractivity contribution in [1.29, 1.82) is 0 Å². The van der Waals surface area contributed by atoms with E-state index in [0.717, 1.165) is 0 Å². The molecule has 22 heavy (non-hydrogen) atoms. The number of esters is 1. The molecule has 0 unspecified atom stereocenters. The van der Waals surface area contributed by atoms with Crippen molar-refractivity contribution in [2.45, 2.75) is 19.1 Å². The number of nitrogens with zero attached hydrogens (tertiary/aromatic N) is 1. The van der Waals surface area contributed by atoms with Gasteiger partial charge in [-0.2, -0.15) is 0 Å². The lowest BCUT2D eigenvalue weighted by Crippen LogP contribution is -2.34. The molecule has 112 valence electrons. The van der Waals surface area contributed by atoms with E-state index in [-0.39, 0.29) is 24.0 Å². The van der Waals surface area contributed by atoms with Crippen molar-refractivity contribution in [3.05, 3.63) is 36.4 Å². The van der Waals surface area contributed by atoms with Crippen LogP contribution in [0.25, 0.3) is 0 Å². The average Bonchev–Trinajstić information content (AvgIpc) is 3.12. The number of hydrogen-bond donors (Lipinski definition) is 0. The van der Waals surface area contributed by atoms with Gasteiger partial charge in [0.05, 0.1) is 29.7 Å². The number of carbonyl (C=O) groups excluding carboxylic acids is 3. The van der Waals surface area contributed by atoms with Crippen LogP contribution in [0.1, 0.15) is 6.92 Å². The smallest absolute Gasteiger partial charge is 0.308 e. The van der Waals surface area contributed by atoms with Crippen LogP contribution in [0.4, 0.5) is 5.69 Å². The second-order valence-corrected chi connectivity index (χ2v) is 5.60. The van der Waals surface area contributed by atoms with E-state index in [1.54, 1.807) is 18.2 Å². The first-order valence-electron chi connectivity index (χ1n) is 7.06. The van der Waals surface area contributed by atoms with Crippen LogP contribution in [0, 0.1) is 11.8 Å². The SMILES string of the molecule is CC(=O)Oc1cccc(N2C(=O)[C@@H]3[C@H](C2=O)[C@@H]2C=C[C@H]3O2)c1. The fraction of sp³-hybridized carbons (Fsp3) is 0.312. The maximum atomic E-state index is 12.6. The van der Waals surface area contributed by atoms with E-state index in [9.17, 15) is 14.4 Å². The Balaban J connectivity index is 1.68. The highest BCUT2D eigenvalue weighted by atomic mass is 16.5. The zero-order valence-corrected chi connectivity index (χ0v) is 11.8. The molecule has 6 nitrogen and oxygen atoms in total. The lowest BCUT2D eigenvalue weighted by Gasteiger charge is -2.18. The number of amides is 2. The van der Waals surface area contributed by atoms with E-state index in [2.05, 4.69) is 0 Å². The first-order valence-corrected chi connectivity index (χ1v) is 7.06. The van der Waals surface area contributed by atoms with Crippen LogP contribution in [0.15, 0.2) is 36.4 Å². The topological polar surface area (TPSA) is 72.9 Å². The van der Waals surface area contributed by atoms with Crippen molar-refractivity contribution in [3.63, 3.8) is 0 Å². The molecule has 6 heteroatoms. The molecule has 2 amide bonds. The number of ether oxygens (including phenoxy) is 2. The standard InChI is InChI=1S/C16H13NO5/c1-8(18)21-10-4-2-3-9(7-10)17-15(19)13-11-5-6-12(22-11)14(13)16(17)20/h2-7,11-14H,1H3/t11-,12+,13+,14-. The molecule has 3 heterocycles. The molecule has 2 saturated heterocycles. The summed E-state index contributed by atoms with van der Waals surface area (Å²) in [6.07, 6.45) is 3.06. The van der Waals surface area contributed by atoms with E-state index in [4.69, 9.17) is 9.47 Å². The van der Waals surface area contributed by atoms with Gasteiger partial charge in [0.25, 0.3) is 0 Å². The molecule has 2 fully saturated rings. The van der Waals surface area contributed by atoms with Gasteiger partial charge in [-0.05, 0) is 12.1 Å². The maximum Gasteiger partial charge on any atom is 0.308 e. The highest BCUT2D eigenvalue weighted by Crippen LogP contribution is 2.46. The van der Waals surface area contributed by atoms with Gasteiger partial charge in [0.1, 0.15) is 5.75 Å². The summed E-state index contributed by atoms with van der Waals surface area (Å²) < 4.78 is 10.6. The normalized spacial score (nSPS) is 31.8. The van der Waals surface area contributed by atoms with Gasteiger partial charge in [0, 0.05) is 13.0 Å². The largest absolute Gasteiger partial charge is 0.427 e. The minimum atomic E-state index is -0.455. The number of imide groups is 1. The number of anilines is 1. The van der Waals surface area contributed by atoms with Gasteiger partial charge in [0.2, 0.25) is 11.8 Å². The van der Waals surface area contributed by atoms with Crippen LogP contribution < -0.4 is 9.64 Å². The summed E-state index contributed by atoms with van der Waals surface area (Å²) in [5.74, 6) is -1.55. The number of rotatable bonds is 2. The number of hydrogen-bond acceptors (Lipinski definition) is 5. The maximum absolute atomic E-state index is 12.6. The summed E-state index contributed by atoms with van der Waals surface area (Å²) in [4.78, 5) is 37.4. The summed E-state index contributed by atoms with van der Waals surface area (Å²) in [5, 5.41) is 0. The van der Waals surface area contributed by atoms with Crippen molar-refractivity contribution in [2.75, 3.05) is 4.90 Å². The highest BCUT2D eigenvalue weighted by molar-refractivity contribution is 6.23. The highest BCUT2D eigenvalue weighted by Gasteiger charge is 2.61. The third-order valence-electron chi connectivity index (χ3n) is 4.25. The summed E-state index contributed by atoms with van der Waals surface area (Å²) in [7, 11) is 0. The lowest BCUT2D eigenvalue weighted by molar-refractivity contribution is -0.132. The Bertz CT molecular complexity index is 695. The minimum Gasteiger partial charge on any atom is -0.427 e. The summed E-state index contributed by atoms with van der Waals surface area (Å²) in [6, 6.07) is 6.42. The summed E-state index contributed by atoms with van der Waals surface area (Å²) in [5.41, 5.74) is 0.419. The molecular formula is C16H13NO5. The summed E-state index contributed by atoms with van der Waals surface area (Å²) >= 11 is 0. The van der Waals surface area contributed by atoms with Crippen LogP contribution in [-0.2, 0) is 19.1 Å². The third-order valence-corrected chi connectivity index (χ3v) is 4.25. The molecule has 1 aromatic rings. The zero-order chi connectivity index (χ0) is 15.4. The van der Waals surface area contributed by atoms with Crippen molar-refractivity contribution >= 4 is 23.5 Å². The van der Waals surface area contributed by atoms with Crippen molar-refractivity contribution < 1.29 is 23.9 Å². The van der Waals surface area contributed by atoms with Gasteiger partial charge in [-0.25, -0.2) is 4.90 Å².